The summed E-state index contributed by atoms with van der Waals surface area (Å²) >= 11 is 0. The second kappa shape index (κ2) is 10.9. The van der Waals surface area contributed by atoms with Gasteiger partial charge in [-0.15, -0.1) is 0 Å². The quantitative estimate of drug-likeness (QED) is 0.269. The van der Waals surface area contributed by atoms with Gasteiger partial charge in [-0.3, -0.25) is 4.79 Å². The number of esters is 1. The third kappa shape index (κ3) is 5.46. The van der Waals surface area contributed by atoms with Crippen LogP contribution in [-0.4, -0.2) is 18.7 Å². The topological polar surface area (TPSA) is 26.3 Å². The Bertz CT molecular complexity index is 853. The van der Waals surface area contributed by atoms with Crippen LogP contribution in [0.5, 0.6) is 0 Å². The third-order valence-corrected chi connectivity index (χ3v) is 9.90. The van der Waals surface area contributed by atoms with Gasteiger partial charge >= 0.3 is 5.97 Å². The van der Waals surface area contributed by atoms with E-state index in [4.69, 9.17) is 4.74 Å². The summed E-state index contributed by atoms with van der Waals surface area (Å²) in [6.45, 7) is 3.93. The van der Waals surface area contributed by atoms with Crippen LogP contribution in [0.3, 0.4) is 0 Å². The lowest BCUT2D eigenvalue weighted by atomic mass is 10.2. The molecule has 154 valence electrons. The second-order valence-corrected chi connectivity index (χ2v) is 11.1. The lowest BCUT2D eigenvalue weighted by molar-refractivity contribution is -0.139. The van der Waals surface area contributed by atoms with E-state index in [1.807, 2.05) is 6.08 Å². The van der Waals surface area contributed by atoms with E-state index in [0.717, 1.165) is 19.0 Å². The van der Waals surface area contributed by atoms with Crippen LogP contribution in [0, 0.1) is 0 Å². The maximum atomic E-state index is 11.0. The molecular weight excluding hydrogens is 387 g/mol. The molecule has 0 atom stereocenters. The molecule has 0 saturated carbocycles. The minimum absolute atomic E-state index is 0.235. The zero-order valence-corrected chi connectivity index (χ0v) is 18.7. The first-order valence-electron chi connectivity index (χ1n) is 10.5. The minimum atomic E-state index is -1.76. The fourth-order valence-corrected chi connectivity index (χ4v) is 8.23. The molecular formula is C27H30O2P+. The van der Waals surface area contributed by atoms with E-state index >= 15 is 0 Å². The van der Waals surface area contributed by atoms with Crippen molar-refractivity contribution in [3.05, 3.63) is 103 Å². The minimum Gasteiger partial charge on any atom is -0.462 e. The zero-order chi connectivity index (χ0) is 21.2. The second-order valence-electron chi connectivity index (χ2n) is 7.50. The van der Waals surface area contributed by atoms with Crippen molar-refractivity contribution in [1.82, 2.24) is 0 Å². The smallest absolute Gasteiger partial charge is 0.302 e. The van der Waals surface area contributed by atoms with Crippen LogP contribution in [0.2, 0.25) is 0 Å². The molecule has 0 spiro atoms. The predicted molar refractivity (Wildman–Crippen MR) is 130 cm³/mol. The van der Waals surface area contributed by atoms with Gasteiger partial charge in [-0.25, -0.2) is 0 Å². The van der Waals surface area contributed by atoms with Gasteiger partial charge in [-0.05, 0) is 62.2 Å². The Kier molecular flexibility index (Phi) is 7.99. The first kappa shape index (κ1) is 22.0. The molecule has 0 bridgehead atoms. The maximum absolute atomic E-state index is 11.0. The van der Waals surface area contributed by atoms with Crippen molar-refractivity contribution < 1.29 is 9.53 Å². The maximum Gasteiger partial charge on any atom is 0.302 e. The van der Waals surface area contributed by atoms with Gasteiger partial charge < -0.3 is 4.74 Å². The van der Waals surface area contributed by atoms with Crippen LogP contribution < -0.4 is 15.9 Å². The summed E-state index contributed by atoms with van der Waals surface area (Å²) in [6.07, 6.45) is 5.20. The molecule has 3 aromatic carbocycles. The molecule has 0 aliphatic carbocycles. The largest absolute Gasteiger partial charge is 0.462 e. The van der Waals surface area contributed by atoms with Gasteiger partial charge in [0.05, 0.1) is 6.16 Å². The van der Waals surface area contributed by atoms with Crippen LogP contribution in [0.4, 0.5) is 0 Å². The van der Waals surface area contributed by atoms with Crippen LogP contribution in [-0.2, 0) is 9.53 Å². The van der Waals surface area contributed by atoms with Crippen molar-refractivity contribution in [2.75, 3.05) is 12.8 Å². The normalized spacial score (nSPS) is 11.9. The molecule has 3 heteroatoms. The Morgan fingerprint density at radius 1 is 0.767 bits per heavy atom. The molecule has 3 rings (SSSR count). The average Bonchev–Trinajstić information content (AvgIpc) is 2.78. The number of hydrogen-bond acceptors (Lipinski definition) is 2. The lowest BCUT2D eigenvalue weighted by Gasteiger charge is -2.27. The zero-order valence-electron chi connectivity index (χ0n) is 17.8. The summed E-state index contributed by atoms with van der Waals surface area (Å²) in [7, 11) is -1.76. The van der Waals surface area contributed by atoms with Crippen molar-refractivity contribution in [3.63, 3.8) is 0 Å². The van der Waals surface area contributed by atoms with E-state index in [1.54, 1.807) is 0 Å². The fourth-order valence-electron chi connectivity index (χ4n) is 3.88. The summed E-state index contributed by atoms with van der Waals surface area (Å²) in [5.41, 5.74) is 1.27. The third-order valence-electron chi connectivity index (χ3n) is 5.37. The van der Waals surface area contributed by atoms with Crippen LogP contribution in [0.25, 0.3) is 0 Å². The fraction of sp³-hybridized carbons (Fsp3) is 0.222. The molecule has 3 aromatic rings. The van der Waals surface area contributed by atoms with E-state index < -0.39 is 7.26 Å². The monoisotopic (exact) mass is 417 g/mol. The molecule has 0 amide bonds. The van der Waals surface area contributed by atoms with Gasteiger partial charge in [0.25, 0.3) is 0 Å². The number of carbonyl (C=O) groups excluding carboxylic acids is 1. The van der Waals surface area contributed by atoms with Crippen molar-refractivity contribution in [1.29, 1.82) is 0 Å². The summed E-state index contributed by atoms with van der Waals surface area (Å²) in [6, 6.07) is 32.9. The predicted octanol–water partition coefficient (Wildman–Crippen LogP) is 5.27. The SMILES string of the molecule is CC(=O)OC/C=C(\C)CCC[P+](c1ccccc1)(c1ccccc1)c1ccccc1. The number of carbonyl (C=O) groups is 1. The Morgan fingerprint density at radius 2 is 1.20 bits per heavy atom. The van der Waals surface area contributed by atoms with Crippen LogP contribution in [0.15, 0.2) is 103 Å². The highest BCUT2D eigenvalue weighted by Gasteiger charge is 2.44. The van der Waals surface area contributed by atoms with Gasteiger partial charge in [0.1, 0.15) is 29.8 Å². The van der Waals surface area contributed by atoms with E-state index in [2.05, 4.69) is 97.9 Å². The van der Waals surface area contributed by atoms with E-state index in [9.17, 15) is 4.79 Å². The number of rotatable bonds is 9. The first-order valence-corrected chi connectivity index (χ1v) is 12.4. The molecule has 0 fully saturated rings. The number of ether oxygens (including phenoxy) is 1. The summed E-state index contributed by atoms with van der Waals surface area (Å²) in [4.78, 5) is 11.0. The number of hydrogen-bond donors (Lipinski definition) is 0. The molecule has 0 aromatic heterocycles. The molecule has 0 saturated heterocycles. The molecule has 0 aliphatic heterocycles. The molecule has 0 radical (unpaired) electrons. The van der Waals surface area contributed by atoms with Crippen molar-refractivity contribution in [2.45, 2.75) is 26.7 Å². The molecule has 0 aliphatic rings. The Balaban J connectivity index is 1.94. The Labute approximate surface area is 181 Å². The van der Waals surface area contributed by atoms with E-state index in [0.29, 0.717) is 6.61 Å². The van der Waals surface area contributed by atoms with Gasteiger partial charge in [0.15, 0.2) is 0 Å². The number of benzene rings is 3. The van der Waals surface area contributed by atoms with Crippen LogP contribution >= 0.6 is 7.26 Å². The molecule has 2 nitrogen and oxygen atoms in total. The Morgan fingerprint density at radius 3 is 1.60 bits per heavy atom. The van der Waals surface area contributed by atoms with Crippen molar-refractivity contribution in [3.8, 4) is 0 Å². The average molecular weight is 418 g/mol. The molecule has 30 heavy (non-hydrogen) atoms. The van der Waals surface area contributed by atoms with Gasteiger partial charge in [0.2, 0.25) is 0 Å². The summed E-state index contributed by atoms with van der Waals surface area (Å²) in [5, 5.41) is 4.26. The van der Waals surface area contributed by atoms with E-state index in [-0.39, 0.29) is 5.97 Å². The summed E-state index contributed by atoms with van der Waals surface area (Å²) in [5.74, 6) is -0.235. The standard InChI is InChI=1S/C27H30O2P/c1-23(20-21-29-24(2)28)13-12-22-30(25-14-6-3-7-15-25,26-16-8-4-9-17-26)27-18-10-5-11-19-27/h3-11,14-20H,12-13,21-22H2,1-2H3/q+1/b23-20+. The highest BCUT2D eigenvalue weighted by atomic mass is 31.2. The van der Waals surface area contributed by atoms with Crippen LogP contribution in [0.1, 0.15) is 26.7 Å². The van der Waals surface area contributed by atoms with Gasteiger partial charge in [-0.1, -0.05) is 60.2 Å². The highest BCUT2D eigenvalue weighted by molar-refractivity contribution is 7.95. The highest BCUT2D eigenvalue weighted by Crippen LogP contribution is 2.56. The van der Waals surface area contributed by atoms with Gasteiger partial charge in [-0.2, -0.15) is 0 Å². The van der Waals surface area contributed by atoms with Crippen molar-refractivity contribution >= 4 is 29.1 Å². The van der Waals surface area contributed by atoms with Gasteiger partial charge in [0, 0.05) is 6.92 Å². The summed E-state index contributed by atoms with van der Waals surface area (Å²) < 4.78 is 5.06. The lowest BCUT2D eigenvalue weighted by Crippen LogP contribution is -2.33. The molecule has 0 N–H and O–H groups in total. The molecule has 0 heterocycles. The number of allylic oxidation sites excluding steroid dienone is 1. The Hall–Kier alpha value is -2.70. The van der Waals surface area contributed by atoms with E-state index in [1.165, 1.54) is 28.4 Å². The molecule has 0 unspecified atom stereocenters. The first-order chi connectivity index (χ1) is 14.6. The van der Waals surface area contributed by atoms with Crippen molar-refractivity contribution in [2.24, 2.45) is 0 Å².